The molecule has 6 heteroatoms. The summed E-state index contributed by atoms with van der Waals surface area (Å²) in [6.07, 6.45) is -0.695. The summed E-state index contributed by atoms with van der Waals surface area (Å²) in [5, 5.41) is 4.21. The van der Waals surface area contributed by atoms with Gasteiger partial charge in [-0.2, -0.15) is 0 Å². The number of carbonyl (C=O) groups is 2. The monoisotopic (exact) mass is 375 g/mol. The molecule has 3 aromatic rings. The molecule has 0 aliphatic rings. The number of ether oxygens (including phenoxy) is 1. The topological polar surface area (TPSA) is 70.7 Å². The minimum Gasteiger partial charge on any atom is -0.410 e. The maximum Gasteiger partial charge on any atom is 0.413 e. The predicted octanol–water partition coefficient (Wildman–Crippen LogP) is 4.03. The Morgan fingerprint density at radius 1 is 0.786 bits per heavy atom. The maximum absolute atomic E-state index is 12.7. The van der Waals surface area contributed by atoms with Gasteiger partial charge >= 0.3 is 6.09 Å². The summed E-state index contributed by atoms with van der Waals surface area (Å²) in [5.41, 5.74) is 4.43. The van der Waals surface area contributed by atoms with Gasteiger partial charge in [0.2, 0.25) is 0 Å². The van der Waals surface area contributed by atoms with Gasteiger partial charge in [-0.15, -0.1) is 0 Å². The van der Waals surface area contributed by atoms with Crippen molar-refractivity contribution in [2.24, 2.45) is 0 Å². The van der Waals surface area contributed by atoms with E-state index in [2.05, 4.69) is 10.7 Å². The molecule has 1 atom stereocenters. The molecular weight excluding hydrogens is 354 g/mol. The zero-order valence-corrected chi connectivity index (χ0v) is 15.4. The Hall–Kier alpha value is -3.80. The van der Waals surface area contributed by atoms with Crippen molar-refractivity contribution in [3.63, 3.8) is 0 Å². The zero-order chi connectivity index (χ0) is 19.8. The van der Waals surface area contributed by atoms with Crippen molar-refractivity contribution in [1.82, 2.24) is 10.7 Å². The lowest BCUT2D eigenvalue weighted by molar-refractivity contribution is -0.122. The van der Waals surface area contributed by atoms with Crippen molar-refractivity contribution in [3.05, 3.63) is 91.0 Å². The first-order valence-corrected chi connectivity index (χ1v) is 8.87. The average molecular weight is 375 g/mol. The van der Waals surface area contributed by atoms with Gasteiger partial charge in [-0.05, 0) is 43.3 Å². The standard InChI is InChI=1S/C22H21N3O3/c1-17(23-22(27)28-20-15-9-4-10-16-20)21(26)24-25(18-11-5-2-6-12-18)19-13-7-3-8-14-19/h2-17H,1H3,(H,23,27)(H,24,26)/t17-/m0/s1. The molecule has 0 saturated carbocycles. The van der Waals surface area contributed by atoms with Crippen LogP contribution in [0, 0.1) is 0 Å². The fourth-order valence-electron chi connectivity index (χ4n) is 2.51. The van der Waals surface area contributed by atoms with Gasteiger partial charge in [0.05, 0.1) is 11.4 Å². The first-order chi connectivity index (χ1) is 13.6. The molecule has 0 saturated heterocycles. The van der Waals surface area contributed by atoms with E-state index in [-0.39, 0.29) is 5.91 Å². The van der Waals surface area contributed by atoms with E-state index in [9.17, 15) is 9.59 Å². The summed E-state index contributed by atoms with van der Waals surface area (Å²) >= 11 is 0. The highest BCUT2D eigenvalue weighted by molar-refractivity contribution is 5.88. The molecule has 3 aromatic carbocycles. The smallest absolute Gasteiger partial charge is 0.410 e. The van der Waals surface area contributed by atoms with Crippen molar-refractivity contribution in [2.45, 2.75) is 13.0 Å². The number of nitrogens with zero attached hydrogens (tertiary/aromatic N) is 1. The number of amides is 2. The molecule has 2 N–H and O–H groups in total. The fourth-order valence-corrected chi connectivity index (χ4v) is 2.51. The van der Waals surface area contributed by atoms with E-state index in [1.54, 1.807) is 36.2 Å². The number of hydrogen-bond donors (Lipinski definition) is 2. The molecule has 142 valence electrons. The van der Waals surface area contributed by atoms with Gasteiger partial charge in [0.1, 0.15) is 11.8 Å². The fraction of sp³-hybridized carbons (Fsp3) is 0.0909. The van der Waals surface area contributed by atoms with Crippen molar-refractivity contribution in [1.29, 1.82) is 0 Å². The summed E-state index contributed by atoms with van der Waals surface area (Å²) in [5.74, 6) is 0.0283. The number of rotatable bonds is 6. The SMILES string of the molecule is C[C@H](NC(=O)Oc1ccccc1)C(=O)NN(c1ccccc1)c1ccccc1. The quantitative estimate of drug-likeness (QED) is 0.638. The summed E-state index contributed by atoms with van der Waals surface area (Å²) < 4.78 is 5.17. The average Bonchev–Trinajstić information content (AvgIpc) is 2.73. The van der Waals surface area contributed by atoms with E-state index in [0.29, 0.717) is 5.75 Å². The number of carbonyl (C=O) groups excluding carboxylic acids is 2. The van der Waals surface area contributed by atoms with Crippen LogP contribution in [0.1, 0.15) is 6.92 Å². The Bertz CT molecular complexity index is 863. The van der Waals surface area contributed by atoms with E-state index < -0.39 is 12.1 Å². The van der Waals surface area contributed by atoms with Crippen LogP contribution in [0.25, 0.3) is 0 Å². The number of nitrogens with one attached hydrogen (secondary N) is 2. The van der Waals surface area contributed by atoms with Crippen LogP contribution in [0.15, 0.2) is 91.0 Å². The largest absolute Gasteiger partial charge is 0.413 e. The van der Waals surface area contributed by atoms with Gasteiger partial charge in [0.15, 0.2) is 0 Å². The number of para-hydroxylation sites is 3. The van der Waals surface area contributed by atoms with Crippen molar-refractivity contribution in [3.8, 4) is 5.75 Å². The third-order valence-corrected chi connectivity index (χ3v) is 3.93. The molecule has 0 fully saturated rings. The van der Waals surface area contributed by atoms with Crippen LogP contribution in [0.4, 0.5) is 16.2 Å². The lowest BCUT2D eigenvalue weighted by Gasteiger charge is -2.27. The van der Waals surface area contributed by atoms with Gasteiger partial charge in [0, 0.05) is 0 Å². The Morgan fingerprint density at radius 2 is 1.25 bits per heavy atom. The van der Waals surface area contributed by atoms with E-state index in [4.69, 9.17) is 4.74 Å². The Kier molecular flexibility index (Phi) is 6.25. The summed E-state index contributed by atoms with van der Waals surface area (Å²) in [4.78, 5) is 24.7. The summed E-state index contributed by atoms with van der Waals surface area (Å²) in [6, 6.07) is 26.7. The molecule has 0 radical (unpaired) electrons. The van der Waals surface area contributed by atoms with E-state index in [1.165, 1.54) is 0 Å². The van der Waals surface area contributed by atoms with Crippen LogP contribution in [0.3, 0.4) is 0 Å². The molecule has 0 aliphatic heterocycles. The molecule has 2 amide bonds. The molecule has 0 spiro atoms. The Balaban J connectivity index is 1.67. The second-order valence-corrected chi connectivity index (χ2v) is 6.05. The minimum atomic E-state index is -0.800. The van der Waals surface area contributed by atoms with E-state index in [1.807, 2.05) is 66.7 Å². The minimum absolute atomic E-state index is 0.377. The third-order valence-electron chi connectivity index (χ3n) is 3.93. The number of hydrogen-bond acceptors (Lipinski definition) is 4. The Morgan fingerprint density at radius 3 is 1.75 bits per heavy atom. The van der Waals surface area contributed by atoms with Crippen LogP contribution in [0.5, 0.6) is 5.75 Å². The second kappa shape index (κ2) is 9.23. The van der Waals surface area contributed by atoms with Crippen LogP contribution >= 0.6 is 0 Å². The highest BCUT2D eigenvalue weighted by Crippen LogP contribution is 2.22. The van der Waals surface area contributed by atoms with Gasteiger partial charge in [-0.1, -0.05) is 54.6 Å². The first kappa shape index (κ1) is 19.0. The van der Waals surface area contributed by atoms with E-state index in [0.717, 1.165) is 11.4 Å². The number of anilines is 2. The molecule has 0 heterocycles. The molecule has 0 aromatic heterocycles. The maximum atomic E-state index is 12.7. The lowest BCUT2D eigenvalue weighted by Crippen LogP contribution is -2.50. The van der Waals surface area contributed by atoms with E-state index >= 15 is 0 Å². The molecule has 0 bridgehead atoms. The lowest BCUT2D eigenvalue weighted by atomic mass is 10.2. The molecule has 6 nitrogen and oxygen atoms in total. The van der Waals surface area contributed by atoms with Crippen LogP contribution < -0.4 is 20.5 Å². The molecule has 28 heavy (non-hydrogen) atoms. The van der Waals surface area contributed by atoms with Crippen LogP contribution in [-0.2, 0) is 4.79 Å². The first-order valence-electron chi connectivity index (χ1n) is 8.87. The molecule has 0 aliphatic carbocycles. The normalized spacial score (nSPS) is 11.2. The third kappa shape index (κ3) is 5.11. The van der Waals surface area contributed by atoms with Gasteiger partial charge < -0.3 is 10.1 Å². The van der Waals surface area contributed by atoms with Crippen molar-refractivity contribution < 1.29 is 14.3 Å². The van der Waals surface area contributed by atoms with Crippen molar-refractivity contribution >= 4 is 23.4 Å². The highest BCUT2D eigenvalue weighted by atomic mass is 16.6. The number of hydrazine groups is 1. The Labute approximate surface area is 163 Å². The summed E-state index contributed by atoms with van der Waals surface area (Å²) in [7, 11) is 0. The molecular formula is C22H21N3O3. The second-order valence-electron chi connectivity index (χ2n) is 6.05. The van der Waals surface area contributed by atoms with Gasteiger partial charge in [-0.3, -0.25) is 15.2 Å². The summed E-state index contributed by atoms with van der Waals surface area (Å²) in [6.45, 7) is 1.59. The predicted molar refractivity (Wildman–Crippen MR) is 108 cm³/mol. The van der Waals surface area contributed by atoms with Gasteiger partial charge in [-0.25, -0.2) is 4.79 Å². The van der Waals surface area contributed by atoms with Crippen LogP contribution in [0.2, 0.25) is 0 Å². The van der Waals surface area contributed by atoms with Gasteiger partial charge in [0.25, 0.3) is 5.91 Å². The zero-order valence-electron chi connectivity index (χ0n) is 15.4. The van der Waals surface area contributed by atoms with Crippen molar-refractivity contribution in [2.75, 3.05) is 5.01 Å². The molecule has 3 rings (SSSR count). The highest BCUT2D eigenvalue weighted by Gasteiger charge is 2.20. The molecule has 0 unspecified atom stereocenters. The number of benzene rings is 3. The van der Waals surface area contributed by atoms with Crippen LogP contribution in [-0.4, -0.2) is 18.0 Å².